The average molecular weight is 434 g/mol. The molecule has 30 heavy (non-hydrogen) atoms. The van der Waals surface area contributed by atoms with Gasteiger partial charge in [0.05, 0.1) is 22.7 Å². The molecular weight excluding hydrogens is 418 g/mol. The van der Waals surface area contributed by atoms with Gasteiger partial charge in [0.2, 0.25) is 5.13 Å². The maximum Gasteiger partial charge on any atom is 0.204 e. The predicted octanol–water partition coefficient (Wildman–Crippen LogP) is 6.30. The molecule has 5 rings (SSSR count). The van der Waals surface area contributed by atoms with E-state index < -0.39 is 0 Å². The third-order valence-electron chi connectivity index (χ3n) is 4.65. The van der Waals surface area contributed by atoms with Crippen molar-refractivity contribution >= 4 is 49.3 Å². The number of hydrogen-bond donors (Lipinski definition) is 1. The van der Waals surface area contributed by atoms with Gasteiger partial charge in [-0.05, 0) is 54.6 Å². The second-order valence-electron chi connectivity index (χ2n) is 6.58. The van der Waals surface area contributed by atoms with Gasteiger partial charge in [0.15, 0.2) is 0 Å². The maximum absolute atomic E-state index is 6.22. The lowest BCUT2D eigenvalue weighted by Gasteiger charge is -2.06. The molecule has 0 amide bonds. The normalized spacial score (nSPS) is 11.9. The fourth-order valence-corrected chi connectivity index (χ4v) is 4.14. The summed E-state index contributed by atoms with van der Waals surface area (Å²) in [5.74, 6) is 1.48. The molecule has 3 aromatic carbocycles. The number of nitrogens with one attached hydrogen (secondary N) is 1. The van der Waals surface area contributed by atoms with Crippen molar-refractivity contribution in [2.75, 3.05) is 12.5 Å². The second-order valence-corrected chi connectivity index (χ2v) is 8.04. The minimum atomic E-state index is 0.617. The van der Waals surface area contributed by atoms with Gasteiger partial charge in [0.25, 0.3) is 0 Å². The predicted molar refractivity (Wildman–Crippen MR) is 122 cm³/mol. The summed E-state index contributed by atoms with van der Waals surface area (Å²) < 4.78 is 12.5. The highest BCUT2D eigenvalue weighted by molar-refractivity contribution is 7.22. The van der Waals surface area contributed by atoms with Crippen molar-refractivity contribution in [1.82, 2.24) is 4.98 Å². The largest absolute Gasteiger partial charge is 0.497 e. The van der Waals surface area contributed by atoms with Crippen LogP contribution in [0.4, 0.5) is 5.13 Å². The number of thiazole rings is 1. The van der Waals surface area contributed by atoms with Crippen LogP contribution in [0.1, 0.15) is 0 Å². The molecular formula is C23H16ClN3O2S. The van der Waals surface area contributed by atoms with Gasteiger partial charge in [-0.2, -0.15) is 5.10 Å². The molecule has 0 fully saturated rings. The number of fused-ring (bicyclic) bond motifs is 2. The van der Waals surface area contributed by atoms with Crippen molar-refractivity contribution in [3.8, 4) is 17.1 Å². The minimum absolute atomic E-state index is 0.617. The van der Waals surface area contributed by atoms with Crippen molar-refractivity contribution in [3.05, 3.63) is 83.2 Å². The van der Waals surface area contributed by atoms with Gasteiger partial charge in [-0.3, -0.25) is 5.43 Å². The molecule has 0 bridgehead atoms. The van der Waals surface area contributed by atoms with Gasteiger partial charge in [-0.1, -0.05) is 35.1 Å². The van der Waals surface area contributed by atoms with E-state index in [4.69, 9.17) is 20.8 Å². The van der Waals surface area contributed by atoms with E-state index >= 15 is 0 Å². The topological polar surface area (TPSA) is 59.6 Å². The van der Waals surface area contributed by atoms with Gasteiger partial charge < -0.3 is 9.15 Å². The Kier molecular flexibility index (Phi) is 4.86. The molecule has 0 unspecified atom stereocenters. The van der Waals surface area contributed by atoms with E-state index in [2.05, 4.69) is 15.5 Å². The molecule has 7 heteroatoms. The zero-order valence-corrected chi connectivity index (χ0v) is 17.5. The summed E-state index contributed by atoms with van der Waals surface area (Å²) in [4.78, 5) is 4.58. The Morgan fingerprint density at radius 1 is 1.03 bits per heavy atom. The van der Waals surface area contributed by atoms with Gasteiger partial charge in [0, 0.05) is 22.0 Å². The number of rotatable bonds is 4. The Morgan fingerprint density at radius 2 is 1.87 bits per heavy atom. The molecule has 2 aromatic heterocycles. The molecule has 0 saturated heterocycles. The van der Waals surface area contributed by atoms with Crippen LogP contribution >= 0.6 is 22.9 Å². The Balaban J connectivity index is 1.62. The summed E-state index contributed by atoms with van der Waals surface area (Å²) >= 11 is 7.77. The molecule has 0 radical (unpaired) electrons. The van der Waals surface area contributed by atoms with Gasteiger partial charge in [0.1, 0.15) is 17.1 Å². The molecule has 0 aliphatic rings. The van der Waals surface area contributed by atoms with E-state index in [-0.39, 0.29) is 0 Å². The van der Waals surface area contributed by atoms with Crippen LogP contribution in [0.25, 0.3) is 32.5 Å². The van der Waals surface area contributed by atoms with Crippen LogP contribution in [0.3, 0.4) is 0 Å². The summed E-state index contributed by atoms with van der Waals surface area (Å²) in [7, 11) is 1.64. The van der Waals surface area contributed by atoms with E-state index in [1.807, 2.05) is 66.7 Å². The van der Waals surface area contributed by atoms with Crippen LogP contribution in [-0.2, 0) is 0 Å². The lowest BCUT2D eigenvalue weighted by Crippen LogP contribution is -2.07. The quantitative estimate of drug-likeness (QED) is 0.338. The van der Waals surface area contributed by atoms with Crippen LogP contribution in [0.2, 0.25) is 5.02 Å². The number of halogens is 1. The Morgan fingerprint density at radius 3 is 2.67 bits per heavy atom. The van der Waals surface area contributed by atoms with Crippen molar-refractivity contribution in [1.29, 1.82) is 0 Å². The smallest absolute Gasteiger partial charge is 0.204 e. The van der Waals surface area contributed by atoms with E-state index in [0.29, 0.717) is 21.7 Å². The Bertz CT molecular complexity index is 1390. The Labute approximate surface area is 181 Å². The van der Waals surface area contributed by atoms with Crippen molar-refractivity contribution in [3.63, 3.8) is 0 Å². The van der Waals surface area contributed by atoms with Crippen molar-refractivity contribution in [2.24, 2.45) is 5.10 Å². The number of hydrogen-bond acceptors (Lipinski definition) is 6. The SMILES string of the molecule is COc1ccc(-c2c/c(=N\Nc3nc4ccccc4s3)c3cc(Cl)ccc3o2)cc1. The van der Waals surface area contributed by atoms with Gasteiger partial charge in [-0.25, -0.2) is 4.98 Å². The first-order valence-corrected chi connectivity index (χ1v) is 10.4. The van der Waals surface area contributed by atoms with Crippen LogP contribution < -0.4 is 15.5 Å². The standard InChI is InChI=1S/C23H16ClN3O2S/c1-28-16-9-6-14(7-10-16)21-13-19(17-12-15(24)8-11-20(17)29-21)26-27-23-25-18-4-2-3-5-22(18)30-23/h2-13H,1H3,(H,25,27)/b26-19+. The minimum Gasteiger partial charge on any atom is -0.497 e. The number of nitrogens with zero attached hydrogens (tertiary/aromatic N) is 2. The summed E-state index contributed by atoms with van der Waals surface area (Å²) in [6.45, 7) is 0. The van der Waals surface area contributed by atoms with E-state index in [9.17, 15) is 0 Å². The van der Waals surface area contributed by atoms with Crippen molar-refractivity contribution < 1.29 is 9.15 Å². The molecule has 0 aliphatic carbocycles. The number of anilines is 1. The lowest BCUT2D eigenvalue weighted by atomic mass is 10.1. The fourth-order valence-electron chi connectivity index (χ4n) is 3.16. The van der Waals surface area contributed by atoms with E-state index in [0.717, 1.165) is 32.0 Å². The molecule has 0 saturated carbocycles. The molecule has 148 valence electrons. The van der Waals surface area contributed by atoms with Crippen LogP contribution in [-0.4, -0.2) is 12.1 Å². The molecule has 1 N–H and O–H groups in total. The lowest BCUT2D eigenvalue weighted by molar-refractivity contribution is 0.415. The summed E-state index contributed by atoms with van der Waals surface area (Å²) in [6.07, 6.45) is 0. The van der Waals surface area contributed by atoms with Gasteiger partial charge >= 0.3 is 0 Å². The number of para-hydroxylation sites is 1. The fraction of sp³-hybridized carbons (Fsp3) is 0.0435. The molecule has 0 aliphatic heterocycles. The summed E-state index contributed by atoms with van der Waals surface area (Å²) in [5.41, 5.74) is 5.64. The van der Waals surface area contributed by atoms with Crippen LogP contribution in [0, 0.1) is 0 Å². The van der Waals surface area contributed by atoms with Crippen LogP contribution in [0.15, 0.2) is 82.3 Å². The maximum atomic E-state index is 6.22. The van der Waals surface area contributed by atoms with Crippen molar-refractivity contribution in [2.45, 2.75) is 0 Å². The summed E-state index contributed by atoms with van der Waals surface area (Å²) in [5, 5.41) is 7.48. The zero-order valence-electron chi connectivity index (χ0n) is 15.9. The zero-order chi connectivity index (χ0) is 20.5. The highest BCUT2D eigenvalue weighted by Gasteiger charge is 2.08. The average Bonchev–Trinajstić information content (AvgIpc) is 3.20. The number of ether oxygens (including phenoxy) is 1. The first kappa shape index (κ1) is 18.7. The number of methoxy groups -OCH3 is 1. The van der Waals surface area contributed by atoms with E-state index in [1.165, 1.54) is 0 Å². The number of benzene rings is 3. The highest BCUT2D eigenvalue weighted by Crippen LogP contribution is 2.27. The van der Waals surface area contributed by atoms with Crippen LogP contribution in [0.5, 0.6) is 5.75 Å². The molecule has 5 aromatic rings. The highest BCUT2D eigenvalue weighted by atomic mass is 35.5. The second kappa shape index (κ2) is 7.82. The molecule has 0 spiro atoms. The Hall–Kier alpha value is -3.35. The molecule has 0 atom stereocenters. The molecule has 2 heterocycles. The third kappa shape index (κ3) is 3.63. The van der Waals surface area contributed by atoms with Gasteiger partial charge in [-0.15, -0.1) is 0 Å². The van der Waals surface area contributed by atoms with E-state index in [1.54, 1.807) is 24.5 Å². The monoisotopic (exact) mass is 433 g/mol. The number of aromatic nitrogens is 1. The first-order chi connectivity index (χ1) is 14.7. The third-order valence-corrected chi connectivity index (χ3v) is 5.82. The molecule has 5 nitrogen and oxygen atoms in total. The summed E-state index contributed by atoms with van der Waals surface area (Å²) in [6, 6.07) is 23.1. The first-order valence-electron chi connectivity index (χ1n) is 9.23.